The van der Waals surface area contributed by atoms with Gasteiger partial charge in [-0.05, 0) is 103 Å². The molecule has 0 aromatic carbocycles. The lowest BCUT2D eigenvalue weighted by Crippen LogP contribution is -2.28. The normalized spacial score (nSPS) is 13.1. The highest BCUT2D eigenvalue weighted by Crippen LogP contribution is 2.15. The van der Waals surface area contributed by atoms with E-state index < -0.39 is 6.10 Å². The van der Waals surface area contributed by atoms with Gasteiger partial charge in [0.2, 0.25) is 0 Å². The van der Waals surface area contributed by atoms with Gasteiger partial charge in [-0.2, -0.15) is 0 Å². The van der Waals surface area contributed by atoms with Crippen molar-refractivity contribution in [3.8, 4) is 0 Å². The average molecular weight is 930 g/mol. The molecule has 5 heteroatoms. The van der Waals surface area contributed by atoms with Crippen molar-refractivity contribution in [2.75, 3.05) is 13.2 Å². The maximum absolute atomic E-state index is 12.3. The first-order chi connectivity index (χ1) is 33.1. The van der Waals surface area contributed by atoms with Gasteiger partial charge in [0.15, 0.2) is 6.10 Å². The Bertz CT molecular complexity index is 1330. The van der Waals surface area contributed by atoms with Crippen LogP contribution in [0.5, 0.6) is 0 Å². The predicted molar refractivity (Wildman–Crippen MR) is 292 cm³/mol. The Balaban J connectivity index is 3.52. The van der Waals surface area contributed by atoms with Crippen molar-refractivity contribution in [1.29, 1.82) is 0 Å². The molecule has 0 aromatic rings. The smallest absolute Gasteiger partial charge is 0.306 e. The lowest BCUT2D eigenvalue weighted by molar-refractivity contribution is -0.161. The molecule has 0 aliphatic carbocycles. The van der Waals surface area contributed by atoms with Crippen molar-refractivity contribution >= 4 is 11.9 Å². The zero-order valence-electron chi connectivity index (χ0n) is 43.6. The van der Waals surface area contributed by atoms with Crippen molar-refractivity contribution in [2.24, 2.45) is 0 Å². The number of rotatable bonds is 50. The Kier molecular flexibility index (Phi) is 54.0. The fourth-order valence-electron chi connectivity index (χ4n) is 7.62. The van der Waals surface area contributed by atoms with Gasteiger partial charge in [-0.15, -0.1) is 0 Å². The molecule has 0 saturated carbocycles. The van der Waals surface area contributed by atoms with E-state index in [2.05, 4.69) is 123 Å². The van der Waals surface area contributed by atoms with Crippen molar-refractivity contribution in [3.63, 3.8) is 0 Å². The van der Waals surface area contributed by atoms with E-state index in [1.807, 2.05) is 0 Å². The van der Waals surface area contributed by atoms with Gasteiger partial charge in [-0.3, -0.25) is 9.59 Å². The van der Waals surface area contributed by atoms with Crippen LogP contribution >= 0.6 is 0 Å². The molecule has 0 saturated heterocycles. The summed E-state index contributed by atoms with van der Waals surface area (Å²) in [7, 11) is 0. The third-order valence-corrected chi connectivity index (χ3v) is 11.8. The molecular formula is C62H104O5. The van der Waals surface area contributed by atoms with E-state index in [0.717, 1.165) is 96.3 Å². The molecule has 0 aliphatic heterocycles. The van der Waals surface area contributed by atoms with E-state index in [4.69, 9.17) is 9.47 Å². The number of ether oxygens (including phenoxy) is 2. The standard InChI is InChI=1S/C62H104O5/c1-3-5-7-9-11-13-15-17-19-20-21-22-23-24-25-26-27-28-29-30-31-32-33-34-35-36-37-38-39-40-41-42-43-45-47-49-51-53-55-57-62(65)67-60(58-63)59-66-61(64)56-54-52-50-48-46-44-18-16-14-12-10-8-6-4-2/h5,7,11,13,16-19,21-22,24-25,27-28,30-31,33-34,60,63H,3-4,6,8-10,12,14-15,20,23,26,29,32,35-59H2,1-2H3/b7-5-,13-11-,18-16-,19-17-,22-21-,25-24-,28-27-,31-30-,34-33-. The molecule has 1 atom stereocenters. The summed E-state index contributed by atoms with van der Waals surface area (Å²) >= 11 is 0. The number of allylic oxidation sites excluding steroid dienone is 18. The van der Waals surface area contributed by atoms with Crippen molar-refractivity contribution < 1.29 is 24.2 Å². The van der Waals surface area contributed by atoms with Crippen molar-refractivity contribution in [3.05, 3.63) is 109 Å². The molecule has 0 bridgehead atoms. The molecule has 5 nitrogen and oxygen atoms in total. The summed E-state index contributed by atoms with van der Waals surface area (Å²) in [6.07, 6.45) is 82.0. The van der Waals surface area contributed by atoms with Gasteiger partial charge in [0.1, 0.15) is 6.61 Å². The Morgan fingerprint density at radius 2 is 0.642 bits per heavy atom. The maximum atomic E-state index is 12.3. The summed E-state index contributed by atoms with van der Waals surface area (Å²) in [6, 6.07) is 0. The van der Waals surface area contributed by atoms with Crippen molar-refractivity contribution in [1.82, 2.24) is 0 Å². The third-order valence-electron chi connectivity index (χ3n) is 11.8. The fraction of sp³-hybridized carbons (Fsp3) is 0.677. The Morgan fingerprint density at radius 3 is 0.985 bits per heavy atom. The zero-order valence-corrected chi connectivity index (χ0v) is 43.6. The van der Waals surface area contributed by atoms with Crippen LogP contribution in [0.3, 0.4) is 0 Å². The van der Waals surface area contributed by atoms with E-state index in [1.54, 1.807) is 0 Å². The van der Waals surface area contributed by atoms with Crippen LogP contribution in [0.25, 0.3) is 0 Å². The molecule has 0 fully saturated rings. The van der Waals surface area contributed by atoms with E-state index >= 15 is 0 Å². The first-order valence-corrected chi connectivity index (χ1v) is 27.9. The number of esters is 2. The van der Waals surface area contributed by atoms with E-state index in [0.29, 0.717) is 12.8 Å². The molecule has 0 aliphatic rings. The van der Waals surface area contributed by atoms with Crippen LogP contribution in [0.2, 0.25) is 0 Å². The SMILES string of the molecule is CC/C=C\C/C=C\C/C=C\C/C=C\C/C=C\C/C=C\C/C=C\C/C=C\CCCCCCCCCCCCCCCCC(=O)OC(CO)COC(=O)CCCCCCC/C=C\CCCCCCC. The van der Waals surface area contributed by atoms with Gasteiger partial charge >= 0.3 is 11.9 Å². The van der Waals surface area contributed by atoms with Crippen LogP contribution in [0.15, 0.2) is 109 Å². The van der Waals surface area contributed by atoms with Crippen LogP contribution in [0.1, 0.15) is 251 Å². The Morgan fingerprint density at radius 1 is 0.358 bits per heavy atom. The number of aliphatic hydroxyl groups excluding tert-OH is 1. The molecule has 382 valence electrons. The molecule has 0 radical (unpaired) electrons. The predicted octanol–water partition coefficient (Wildman–Crippen LogP) is 18.9. The van der Waals surface area contributed by atoms with E-state index in [1.165, 1.54) is 128 Å². The number of carbonyl (C=O) groups excluding carboxylic acids is 2. The van der Waals surface area contributed by atoms with E-state index in [-0.39, 0.29) is 25.2 Å². The third kappa shape index (κ3) is 55.0. The maximum Gasteiger partial charge on any atom is 0.306 e. The number of unbranched alkanes of at least 4 members (excludes halogenated alkanes) is 24. The first-order valence-electron chi connectivity index (χ1n) is 27.9. The summed E-state index contributed by atoms with van der Waals surface area (Å²) in [5, 5.41) is 9.62. The number of hydrogen-bond acceptors (Lipinski definition) is 5. The second-order valence-corrected chi connectivity index (χ2v) is 18.3. The molecular weight excluding hydrogens is 825 g/mol. The van der Waals surface area contributed by atoms with Crippen LogP contribution in [0, 0.1) is 0 Å². The second-order valence-electron chi connectivity index (χ2n) is 18.3. The highest BCUT2D eigenvalue weighted by Gasteiger charge is 2.16. The molecule has 0 aromatic heterocycles. The van der Waals surface area contributed by atoms with Crippen LogP contribution in [0.4, 0.5) is 0 Å². The number of carbonyl (C=O) groups is 2. The summed E-state index contributed by atoms with van der Waals surface area (Å²) in [5.74, 6) is -0.601. The largest absolute Gasteiger partial charge is 0.462 e. The van der Waals surface area contributed by atoms with E-state index in [9.17, 15) is 14.7 Å². The molecule has 0 rings (SSSR count). The summed E-state index contributed by atoms with van der Waals surface area (Å²) in [5.41, 5.74) is 0. The minimum atomic E-state index is -0.780. The summed E-state index contributed by atoms with van der Waals surface area (Å²) < 4.78 is 10.7. The first kappa shape index (κ1) is 63.6. The van der Waals surface area contributed by atoms with Gasteiger partial charge in [0.25, 0.3) is 0 Å². The minimum absolute atomic E-state index is 0.0728. The van der Waals surface area contributed by atoms with Gasteiger partial charge in [-0.1, -0.05) is 245 Å². The van der Waals surface area contributed by atoms with Gasteiger partial charge < -0.3 is 14.6 Å². The molecule has 0 heterocycles. The minimum Gasteiger partial charge on any atom is -0.462 e. The Hall–Kier alpha value is -3.44. The van der Waals surface area contributed by atoms with Crippen LogP contribution in [-0.4, -0.2) is 36.4 Å². The lowest BCUT2D eigenvalue weighted by Gasteiger charge is -2.15. The highest BCUT2D eigenvalue weighted by molar-refractivity contribution is 5.70. The zero-order chi connectivity index (χ0) is 48.5. The Labute approximate surface area is 414 Å². The van der Waals surface area contributed by atoms with Crippen LogP contribution < -0.4 is 0 Å². The quantitative estimate of drug-likeness (QED) is 0.0374. The highest BCUT2D eigenvalue weighted by atomic mass is 16.6. The topological polar surface area (TPSA) is 72.8 Å². The van der Waals surface area contributed by atoms with Gasteiger partial charge in [-0.25, -0.2) is 0 Å². The van der Waals surface area contributed by atoms with Gasteiger partial charge in [0.05, 0.1) is 6.61 Å². The fourth-order valence-corrected chi connectivity index (χ4v) is 7.62. The second kappa shape index (κ2) is 56.9. The number of hydrogen-bond donors (Lipinski definition) is 1. The molecule has 67 heavy (non-hydrogen) atoms. The molecule has 0 spiro atoms. The van der Waals surface area contributed by atoms with Gasteiger partial charge in [0, 0.05) is 12.8 Å². The molecule has 1 N–H and O–H groups in total. The average Bonchev–Trinajstić information content (AvgIpc) is 3.33. The molecule has 1 unspecified atom stereocenters. The summed E-state index contributed by atoms with van der Waals surface area (Å²) in [6.45, 7) is 4.01. The monoisotopic (exact) mass is 929 g/mol. The van der Waals surface area contributed by atoms with Crippen LogP contribution in [-0.2, 0) is 19.1 Å². The number of aliphatic hydroxyl groups is 1. The lowest BCUT2D eigenvalue weighted by atomic mass is 10.0. The molecule has 0 amide bonds. The van der Waals surface area contributed by atoms with Crippen molar-refractivity contribution in [2.45, 2.75) is 258 Å². The summed E-state index contributed by atoms with van der Waals surface area (Å²) in [4.78, 5) is 24.4.